The molecule has 0 amide bonds. The Morgan fingerprint density at radius 3 is 2.57 bits per heavy atom. The van der Waals surface area contributed by atoms with E-state index in [2.05, 4.69) is 17.3 Å². The normalized spacial score (nSPS) is 15.6. The molecule has 35 heavy (non-hydrogen) atoms. The second-order valence-electron chi connectivity index (χ2n) is 9.25. The maximum Gasteiger partial charge on any atom is 0.338 e. The van der Waals surface area contributed by atoms with Crippen LogP contribution in [0.1, 0.15) is 35.3 Å². The standard InChI is InChI=1S/C26H26FN7O/c1-15-11-20(12-16(2)24(15)27)34-25(23-17(3)28-8-7-21(23)30-34)33-10-9-32(26(33)35)19-5-6-22-18(13-19)14-29-31(22)4/h5-6,9-14,17,28H,7-8H2,1-4H3/t17-/m0/s1. The van der Waals surface area contributed by atoms with Crippen molar-refractivity contribution in [2.24, 2.45) is 7.05 Å². The quantitative estimate of drug-likeness (QED) is 0.436. The van der Waals surface area contributed by atoms with Crippen LogP contribution in [0.15, 0.2) is 53.7 Å². The molecule has 0 radical (unpaired) electrons. The first-order chi connectivity index (χ1) is 16.8. The highest BCUT2D eigenvalue weighted by molar-refractivity contribution is 5.80. The summed E-state index contributed by atoms with van der Waals surface area (Å²) in [6, 6.07) is 9.41. The summed E-state index contributed by atoms with van der Waals surface area (Å²) in [5.41, 5.74) is 5.30. The first-order valence-corrected chi connectivity index (χ1v) is 11.7. The number of rotatable bonds is 3. The summed E-state index contributed by atoms with van der Waals surface area (Å²) in [5.74, 6) is 0.452. The van der Waals surface area contributed by atoms with E-state index in [1.165, 1.54) is 0 Å². The second-order valence-corrected chi connectivity index (χ2v) is 9.25. The van der Waals surface area contributed by atoms with Gasteiger partial charge < -0.3 is 5.32 Å². The Balaban J connectivity index is 1.57. The zero-order valence-corrected chi connectivity index (χ0v) is 20.1. The van der Waals surface area contributed by atoms with E-state index < -0.39 is 0 Å². The van der Waals surface area contributed by atoms with Crippen LogP contribution in [0.5, 0.6) is 0 Å². The summed E-state index contributed by atoms with van der Waals surface area (Å²) in [6.07, 6.45) is 6.09. The predicted molar refractivity (Wildman–Crippen MR) is 132 cm³/mol. The Labute approximate surface area is 201 Å². The molecule has 0 fully saturated rings. The Morgan fingerprint density at radius 2 is 1.80 bits per heavy atom. The van der Waals surface area contributed by atoms with Gasteiger partial charge in [-0.15, -0.1) is 0 Å². The van der Waals surface area contributed by atoms with E-state index in [1.54, 1.807) is 63.1 Å². The number of hydrogen-bond donors (Lipinski definition) is 1. The Hall–Kier alpha value is -3.98. The molecule has 3 aromatic heterocycles. The van der Waals surface area contributed by atoms with Gasteiger partial charge in [-0.05, 0) is 62.2 Å². The van der Waals surface area contributed by atoms with E-state index in [0.717, 1.165) is 46.5 Å². The van der Waals surface area contributed by atoms with E-state index in [1.807, 2.05) is 25.2 Å². The third-order valence-corrected chi connectivity index (χ3v) is 6.90. The van der Waals surface area contributed by atoms with Crippen LogP contribution >= 0.6 is 0 Å². The van der Waals surface area contributed by atoms with Crippen LogP contribution in [-0.4, -0.2) is 35.2 Å². The van der Waals surface area contributed by atoms with Gasteiger partial charge >= 0.3 is 5.69 Å². The van der Waals surface area contributed by atoms with Crippen molar-refractivity contribution in [1.82, 2.24) is 34.0 Å². The summed E-state index contributed by atoms with van der Waals surface area (Å²) in [6.45, 7) is 6.38. The molecule has 6 rings (SSSR count). The number of imidazole rings is 1. The minimum atomic E-state index is -0.226. The van der Waals surface area contributed by atoms with Crippen molar-refractivity contribution in [3.8, 4) is 17.2 Å². The monoisotopic (exact) mass is 471 g/mol. The zero-order chi connectivity index (χ0) is 24.4. The summed E-state index contributed by atoms with van der Waals surface area (Å²) in [7, 11) is 1.89. The van der Waals surface area contributed by atoms with Crippen molar-refractivity contribution in [3.63, 3.8) is 0 Å². The Bertz CT molecular complexity index is 1650. The summed E-state index contributed by atoms with van der Waals surface area (Å²) >= 11 is 0. The van der Waals surface area contributed by atoms with Crippen LogP contribution in [0.4, 0.5) is 4.39 Å². The first kappa shape index (κ1) is 21.5. The minimum absolute atomic E-state index is 0.0205. The van der Waals surface area contributed by atoms with Gasteiger partial charge in [0.2, 0.25) is 0 Å². The SMILES string of the molecule is Cc1cc(-n2nc3c(c2-n2ccn(-c4ccc5c(cnn5C)c4)c2=O)[C@H](C)NCC3)cc(C)c1F. The van der Waals surface area contributed by atoms with Crippen LogP contribution in [0.2, 0.25) is 0 Å². The maximum atomic E-state index is 14.4. The molecule has 4 heterocycles. The van der Waals surface area contributed by atoms with E-state index in [9.17, 15) is 9.18 Å². The Morgan fingerprint density at radius 1 is 1.06 bits per heavy atom. The van der Waals surface area contributed by atoms with Crippen LogP contribution in [0.25, 0.3) is 28.1 Å². The number of fused-ring (bicyclic) bond motifs is 2. The van der Waals surface area contributed by atoms with Gasteiger partial charge in [0.25, 0.3) is 0 Å². The van der Waals surface area contributed by atoms with Gasteiger partial charge in [-0.3, -0.25) is 13.8 Å². The van der Waals surface area contributed by atoms with Gasteiger partial charge in [0, 0.05) is 49.4 Å². The van der Waals surface area contributed by atoms with Crippen molar-refractivity contribution < 1.29 is 4.39 Å². The topological polar surface area (TPSA) is 74.6 Å². The third kappa shape index (κ3) is 3.26. The fourth-order valence-electron chi connectivity index (χ4n) is 5.10. The molecule has 0 spiro atoms. The smallest absolute Gasteiger partial charge is 0.310 e. The molecule has 178 valence electrons. The van der Waals surface area contributed by atoms with Crippen molar-refractivity contribution in [2.45, 2.75) is 33.2 Å². The number of hydrogen-bond acceptors (Lipinski definition) is 4. The summed E-state index contributed by atoms with van der Waals surface area (Å²) in [4.78, 5) is 13.8. The number of nitrogens with zero attached hydrogens (tertiary/aromatic N) is 6. The van der Waals surface area contributed by atoms with Gasteiger partial charge in [-0.1, -0.05) is 0 Å². The van der Waals surface area contributed by atoms with Crippen molar-refractivity contribution in [1.29, 1.82) is 0 Å². The third-order valence-electron chi connectivity index (χ3n) is 6.90. The maximum absolute atomic E-state index is 14.4. The van der Waals surface area contributed by atoms with E-state index in [4.69, 9.17) is 5.10 Å². The molecule has 0 bridgehead atoms. The highest BCUT2D eigenvalue weighted by Crippen LogP contribution is 2.31. The molecule has 5 aromatic rings. The van der Waals surface area contributed by atoms with Crippen molar-refractivity contribution >= 4 is 10.9 Å². The molecule has 1 atom stereocenters. The minimum Gasteiger partial charge on any atom is -0.310 e. The van der Waals surface area contributed by atoms with Crippen LogP contribution in [-0.2, 0) is 13.5 Å². The van der Waals surface area contributed by atoms with Gasteiger partial charge in [0.05, 0.1) is 28.8 Å². The number of benzene rings is 2. The number of aryl methyl sites for hydroxylation is 3. The fraction of sp³-hybridized carbons (Fsp3) is 0.269. The molecule has 8 nitrogen and oxygen atoms in total. The van der Waals surface area contributed by atoms with Gasteiger partial charge in [-0.2, -0.15) is 10.2 Å². The molecule has 9 heteroatoms. The largest absolute Gasteiger partial charge is 0.338 e. The molecule has 0 saturated heterocycles. The lowest BCUT2D eigenvalue weighted by Gasteiger charge is -2.21. The van der Waals surface area contributed by atoms with Crippen molar-refractivity contribution in [2.75, 3.05) is 6.54 Å². The average Bonchev–Trinajstić information content (AvgIpc) is 3.52. The van der Waals surface area contributed by atoms with Crippen LogP contribution in [0.3, 0.4) is 0 Å². The van der Waals surface area contributed by atoms with E-state index in [-0.39, 0.29) is 17.5 Å². The molecular weight excluding hydrogens is 445 g/mol. The summed E-state index contributed by atoms with van der Waals surface area (Å²) in [5, 5.41) is 13.6. The highest BCUT2D eigenvalue weighted by Gasteiger charge is 2.29. The average molecular weight is 472 g/mol. The van der Waals surface area contributed by atoms with E-state index in [0.29, 0.717) is 16.9 Å². The van der Waals surface area contributed by atoms with Crippen molar-refractivity contribution in [3.05, 3.63) is 87.6 Å². The highest BCUT2D eigenvalue weighted by atomic mass is 19.1. The lowest BCUT2D eigenvalue weighted by atomic mass is 10.0. The molecule has 0 unspecified atom stereocenters. The van der Waals surface area contributed by atoms with Crippen LogP contribution in [0, 0.1) is 19.7 Å². The number of aromatic nitrogens is 6. The lowest BCUT2D eigenvalue weighted by Crippen LogP contribution is -2.30. The molecule has 0 aliphatic carbocycles. The molecule has 1 aliphatic heterocycles. The van der Waals surface area contributed by atoms with Gasteiger partial charge in [-0.25, -0.2) is 13.9 Å². The predicted octanol–water partition coefficient (Wildman–Crippen LogP) is 3.66. The fourth-order valence-corrected chi connectivity index (χ4v) is 5.10. The molecular formula is C26H26FN7O. The molecule has 1 N–H and O–H groups in total. The Kier molecular flexibility index (Phi) is 4.79. The number of halogens is 1. The zero-order valence-electron chi connectivity index (χ0n) is 20.1. The first-order valence-electron chi connectivity index (χ1n) is 11.7. The molecule has 1 aliphatic rings. The number of nitrogens with one attached hydrogen (secondary N) is 1. The summed E-state index contributed by atoms with van der Waals surface area (Å²) < 4.78 is 21.2. The molecule has 2 aromatic carbocycles. The van der Waals surface area contributed by atoms with Crippen LogP contribution < -0.4 is 11.0 Å². The lowest BCUT2D eigenvalue weighted by molar-refractivity contribution is 0.536. The van der Waals surface area contributed by atoms with E-state index >= 15 is 0 Å². The van der Waals surface area contributed by atoms with Gasteiger partial charge in [0.1, 0.15) is 11.6 Å². The van der Waals surface area contributed by atoms with Gasteiger partial charge in [0.15, 0.2) is 0 Å². The second kappa shape index (κ2) is 7.78. The molecule has 0 saturated carbocycles.